The molecule has 3 nitrogen and oxygen atoms in total. The van der Waals surface area contributed by atoms with E-state index in [9.17, 15) is 0 Å². The fourth-order valence-corrected chi connectivity index (χ4v) is 1.48. The second kappa shape index (κ2) is 2.39. The van der Waals surface area contributed by atoms with Gasteiger partial charge in [0.15, 0.2) is 0 Å². The molecule has 61 valence electrons. The third kappa shape index (κ3) is 0.885. The van der Waals surface area contributed by atoms with Crippen molar-refractivity contribution in [2.24, 2.45) is 0 Å². The molecule has 1 aromatic heterocycles. The molecule has 1 aliphatic heterocycles. The number of rotatable bonds is 0. The first kappa shape index (κ1) is 6.77. The fourth-order valence-electron chi connectivity index (χ4n) is 1.48. The second-order valence-corrected chi connectivity index (χ2v) is 2.86. The number of para-hydroxylation sites is 2. The summed E-state index contributed by atoms with van der Waals surface area (Å²) in [6.45, 7) is 0. The molecule has 0 bridgehead atoms. The van der Waals surface area contributed by atoms with Gasteiger partial charge in [0, 0.05) is 12.4 Å². The highest BCUT2D eigenvalue weighted by molar-refractivity contribution is 6.46. The molecule has 0 unspecified atom stereocenters. The average Bonchev–Trinajstić information content (AvgIpc) is 2.65. The lowest BCUT2D eigenvalue weighted by atomic mass is 9.97. The molecule has 1 aromatic carbocycles. The molecule has 0 aliphatic carbocycles. The van der Waals surface area contributed by atoms with Crippen molar-refractivity contribution in [1.82, 2.24) is 9.55 Å². The van der Waals surface area contributed by atoms with Gasteiger partial charge in [-0.3, -0.25) is 0 Å². The SMILES string of the molecule is [B]1Oc2ccccc2-n2ccnc21. The van der Waals surface area contributed by atoms with Crippen LogP contribution in [0.25, 0.3) is 5.69 Å². The van der Waals surface area contributed by atoms with E-state index in [1.54, 1.807) is 13.7 Å². The maximum Gasteiger partial charge on any atom is 0.450 e. The van der Waals surface area contributed by atoms with Crippen LogP contribution in [0.15, 0.2) is 36.7 Å². The average molecular weight is 169 g/mol. The van der Waals surface area contributed by atoms with Gasteiger partial charge in [-0.1, -0.05) is 12.1 Å². The minimum absolute atomic E-state index is 0.832. The summed E-state index contributed by atoms with van der Waals surface area (Å²) in [5.74, 6) is 0.869. The number of hydrogen-bond donors (Lipinski definition) is 0. The Bertz CT molecular complexity index is 452. The quantitative estimate of drug-likeness (QED) is 0.537. The van der Waals surface area contributed by atoms with Gasteiger partial charge in [0.1, 0.15) is 11.5 Å². The Labute approximate surface area is 76.3 Å². The minimum Gasteiger partial charge on any atom is -0.554 e. The second-order valence-electron chi connectivity index (χ2n) is 2.86. The summed E-state index contributed by atoms with van der Waals surface area (Å²) < 4.78 is 7.40. The van der Waals surface area contributed by atoms with E-state index in [1.807, 2.05) is 35.0 Å². The van der Waals surface area contributed by atoms with Crippen LogP contribution < -0.4 is 10.4 Å². The van der Waals surface area contributed by atoms with Crippen molar-refractivity contribution in [2.75, 3.05) is 0 Å². The van der Waals surface area contributed by atoms with Crippen molar-refractivity contribution < 1.29 is 4.65 Å². The highest BCUT2D eigenvalue weighted by atomic mass is 16.4. The Morgan fingerprint density at radius 3 is 3.23 bits per heavy atom. The molecule has 1 radical (unpaired) electrons. The summed E-state index contributed by atoms with van der Waals surface area (Å²) >= 11 is 0. The van der Waals surface area contributed by atoms with Crippen LogP contribution >= 0.6 is 0 Å². The zero-order chi connectivity index (χ0) is 8.67. The van der Waals surface area contributed by atoms with Gasteiger partial charge in [-0.15, -0.1) is 0 Å². The Morgan fingerprint density at radius 2 is 2.23 bits per heavy atom. The Balaban J connectivity index is 2.30. The molecule has 4 heteroatoms. The molecule has 0 fully saturated rings. The molecule has 0 saturated carbocycles. The lowest BCUT2D eigenvalue weighted by Crippen LogP contribution is -2.33. The summed E-state index contributed by atoms with van der Waals surface area (Å²) in [4.78, 5) is 4.14. The zero-order valence-electron chi connectivity index (χ0n) is 6.84. The molecule has 0 atom stereocenters. The van der Waals surface area contributed by atoms with E-state index in [0.29, 0.717) is 0 Å². The normalized spacial score (nSPS) is 12.3. The summed E-state index contributed by atoms with van der Waals surface area (Å²) in [6, 6.07) is 7.88. The number of fused-ring (bicyclic) bond motifs is 3. The van der Waals surface area contributed by atoms with Crippen molar-refractivity contribution in [3.63, 3.8) is 0 Å². The molecule has 0 saturated heterocycles. The van der Waals surface area contributed by atoms with Crippen LogP contribution in [-0.2, 0) is 0 Å². The van der Waals surface area contributed by atoms with Crippen molar-refractivity contribution in [2.45, 2.75) is 0 Å². The van der Waals surface area contributed by atoms with Crippen molar-refractivity contribution >= 4 is 13.2 Å². The molecule has 2 heterocycles. The van der Waals surface area contributed by atoms with Crippen LogP contribution in [0, 0.1) is 0 Å². The van der Waals surface area contributed by atoms with Gasteiger partial charge in [-0.2, -0.15) is 0 Å². The number of aromatic nitrogens is 2. The monoisotopic (exact) mass is 169 g/mol. The fraction of sp³-hybridized carbons (Fsp3) is 0. The van der Waals surface area contributed by atoms with E-state index in [2.05, 4.69) is 4.98 Å². The van der Waals surface area contributed by atoms with Gasteiger partial charge >= 0.3 is 7.48 Å². The standard InChI is InChI=1S/C9H6BN2O/c1-2-4-8-7(3-1)12-6-5-11-9(12)10-13-8/h1-6H. The maximum absolute atomic E-state index is 5.40. The topological polar surface area (TPSA) is 27.1 Å². The van der Waals surface area contributed by atoms with E-state index >= 15 is 0 Å². The predicted octanol–water partition coefficient (Wildman–Crippen LogP) is 0.509. The van der Waals surface area contributed by atoms with Crippen molar-refractivity contribution in [1.29, 1.82) is 0 Å². The third-order valence-electron chi connectivity index (χ3n) is 2.09. The molecular weight excluding hydrogens is 163 g/mol. The summed E-state index contributed by atoms with van der Waals surface area (Å²) in [6.07, 6.45) is 3.68. The third-order valence-corrected chi connectivity index (χ3v) is 2.09. The Morgan fingerprint density at radius 1 is 1.31 bits per heavy atom. The van der Waals surface area contributed by atoms with Gasteiger partial charge in [0.05, 0.1) is 5.69 Å². The molecular formula is C9H6BN2O. The maximum atomic E-state index is 5.40. The molecule has 13 heavy (non-hydrogen) atoms. The molecule has 0 N–H and O–H groups in total. The number of hydrogen-bond acceptors (Lipinski definition) is 2. The minimum atomic E-state index is 0.832. The van der Waals surface area contributed by atoms with Gasteiger partial charge in [-0.05, 0) is 12.1 Å². The van der Waals surface area contributed by atoms with Crippen molar-refractivity contribution in [3.05, 3.63) is 36.7 Å². The van der Waals surface area contributed by atoms with Crippen LogP contribution in [0.2, 0.25) is 0 Å². The Kier molecular flexibility index (Phi) is 1.24. The van der Waals surface area contributed by atoms with Crippen LogP contribution in [-0.4, -0.2) is 17.0 Å². The summed E-state index contributed by atoms with van der Waals surface area (Å²) in [5.41, 5.74) is 1.87. The molecule has 3 rings (SSSR count). The van der Waals surface area contributed by atoms with Gasteiger partial charge < -0.3 is 9.22 Å². The van der Waals surface area contributed by atoms with Crippen LogP contribution in [0.5, 0.6) is 5.75 Å². The first-order valence-electron chi connectivity index (χ1n) is 4.08. The first-order chi connectivity index (χ1) is 6.45. The predicted molar refractivity (Wildman–Crippen MR) is 49.6 cm³/mol. The van der Waals surface area contributed by atoms with Crippen LogP contribution in [0.3, 0.4) is 0 Å². The van der Waals surface area contributed by atoms with Crippen molar-refractivity contribution in [3.8, 4) is 11.4 Å². The van der Waals surface area contributed by atoms with E-state index in [4.69, 9.17) is 4.65 Å². The highest BCUT2D eigenvalue weighted by Gasteiger charge is 2.17. The molecule has 2 aromatic rings. The molecule has 1 aliphatic rings. The summed E-state index contributed by atoms with van der Waals surface area (Å²) in [5, 5.41) is 0. The van der Waals surface area contributed by atoms with Crippen LogP contribution in [0.4, 0.5) is 0 Å². The number of imidazole rings is 1. The van der Waals surface area contributed by atoms with E-state index in [1.165, 1.54) is 0 Å². The first-order valence-corrected chi connectivity index (χ1v) is 4.08. The van der Waals surface area contributed by atoms with E-state index in [0.717, 1.165) is 17.2 Å². The smallest absolute Gasteiger partial charge is 0.450 e. The lowest BCUT2D eigenvalue weighted by molar-refractivity contribution is 0.586. The van der Waals surface area contributed by atoms with Gasteiger partial charge in [-0.25, -0.2) is 4.98 Å². The lowest BCUT2D eigenvalue weighted by Gasteiger charge is -2.17. The largest absolute Gasteiger partial charge is 0.554 e. The molecule has 0 spiro atoms. The number of nitrogens with zero attached hydrogens (tertiary/aromatic N) is 2. The van der Waals surface area contributed by atoms with E-state index < -0.39 is 0 Å². The summed E-state index contributed by atoms with van der Waals surface area (Å²) in [7, 11) is 1.66. The Hall–Kier alpha value is -1.71. The number of benzene rings is 1. The van der Waals surface area contributed by atoms with E-state index in [-0.39, 0.29) is 0 Å². The molecule has 0 amide bonds. The van der Waals surface area contributed by atoms with Crippen LogP contribution in [0.1, 0.15) is 0 Å². The highest BCUT2D eigenvalue weighted by Crippen LogP contribution is 2.23. The van der Waals surface area contributed by atoms with Gasteiger partial charge in [0.2, 0.25) is 0 Å². The zero-order valence-corrected chi connectivity index (χ0v) is 6.84. The van der Waals surface area contributed by atoms with Gasteiger partial charge in [0.25, 0.3) is 0 Å².